The number of primary amides is 1. The summed E-state index contributed by atoms with van der Waals surface area (Å²) in [7, 11) is 3.84. The Morgan fingerprint density at radius 2 is 1.96 bits per heavy atom. The summed E-state index contributed by atoms with van der Waals surface area (Å²) in [5.41, 5.74) is 5.75. The molecule has 0 radical (unpaired) electrons. The van der Waals surface area contributed by atoms with E-state index in [0.717, 1.165) is 25.9 Å². The van der Waals surface area contributed by atoms with E-state index in [1.54, 1.807) is 19.2 Å². The number of benzene rings is 1. The van der Waals surface area contributed by atoms with E-state index in [1.807, 2.05) is 6.07 Å². The number of ether oxygens (including phenoxy) is 1. The molecule has 1 aliphatic carbocycles. The average Bonchev–Trinajstić information content (AvgIpc) is 2.46. The normalized spacial score (nSPS) is 30.5. The Balaban J connectivity index is 0.00000192. The number of halogens is 1. The Hall–Kier alpha value is -1.30. The lowest BCUT2D eigenvalue weighted by atomic mass is 9.62. The highest BCUT2D eigenvalue weighted by molar-refractivity contribution is 5.96. The minimum absolute atomic E-state index is 0. The molecule has 1 saturated heterocycles. The quantitative estimate of drug-likeness (QED) is 0.883. The van der Waals surface area contributed by atoms with E-state index in [9.17, 15) is 9.90 Å². The Kier molecular flexibility index (Phi) is 5.23. The predicted octanol–water partition coefficient (Wildman–Crippen LogP) is 2.12. The van der Waals surface area contributed by atoms with E-state index in [2.05, 4.69) is 11.9 Å². The molecule has 1 amide bonds. The lowest BCUT2D eigenvalue weighted by molar-refractivity contribution is -0.166. The number of para-hydroxylation sites is 1. The maximum Gasteiger partial charge on any atom is 0.252 e. The topological polar surface area (TPSA) is 75.8 Å². The molecule has 1 saturated carbocycles. The molecule has 1 aromatic carbocycles. The second kappa shape index (κ2) is 6.67. The van der Waals surface area contributed by atoms with Crippen molar-refractivity contribution in [2.24, 2.45) is 17.6 Å². The molecule has 0 aromatic heterocycles. The Bertz CT molecular complexity index is 579. The smallest absolute Gasteiger partial charge is 0.252 e. The number of methoxy groups -OCH3 is 1. The molecule has 3 N–H and O–H groups in total. The van der Waals surface area contributed by atoms with Crippen molar-refractivity contribution in [1.29, 1.82) is 0 Å². The second-order valence-electron chi connectivity index (χ2n) is 6.61. The van der Waals surface area contributed by atoms with Gasteiger partial charge in [0.2, 0.25) is 0 Å². The van der Waals surface area contributed by atoms with Gasteiger partial charge in [-0.1, -0.05) is 18.6 Å². The number of fused-ring (bicyclic) bond motifs is 2. The zero-order chi connectivity index (χ0) is 15.9. The molecule has 6 heteroatoms. The number of rotatable bonds is 3. The second-order valence-corrected chi connectivity index (χ2v) is 6.61. The van der Waals surface area contributed by atoms with E-state index >= 15 is 0 Å². The SMILES string of the molecule is COC1(c2cccc(C(N)=O)c2O)[C@@H]2CCC[C@H]1CN(C)C2.Cl. The zero-order valence-corrected chi connectivity index (χ0v) is 14.4. The number of likely N-dealkylation sites (tertiary alicyclic amines) is 1. The summed E-state index contributed by atoms with van der Waals surface area (Å²) in [6.45, 7) is 1.87. The van der Waals surface area contributed by atoms with E-state index in [-0.39, 0.29) is 23.7 Å². The zero-order valence-electron chi connectivity index (χ0n) is 13.6. The molecule has 5 nitrogen and oxygen atoms in total. The van der Waals surface area contributed by atoms with Crippen molar-refractivity contribution in [3.05, 3.63) is 29.3 Å². The van der Waals surface area contributed by atoms with Crippen LogP contribution in [0.25, 0.3) is 0 Å². The van der Waals surface area contributed by atoms with E-state index in [1.165, 1.54) is 6.42 Å². The van der Waals surface area contributed by atoms with Crippen LogP contribution in [0.4, 0.5) is 0 Å². The maximum absolute atomic E-state index is 11.6. The minimum atomic E-state index is -0.608. The molecule has 2 aliphatic rings. The number of aromatic hydroxyl groups is 1. The van der Waals surface area contributed by atoms with Crippen LogP contribution in [0.2, 0.25) is 0 Å². The van der Waals surface area contributed by atoms with Crippen molar-refractivity contribution in [1.82, 2.24) is 4.90 Å². The first kappa shape index (κ1) is 18.0. The minimum Gasteiger partial charge on any atom is -0.507 e. The first-order chi connectivity index (χ1) is 10.5. The molecule has 3 atom stereocenters. The van der Waals surface area contributed by atoms with Gasteiger partial charge in [-0.3, -0.25) is 4.79 Å². The van der Waals surface area contributed by atoms with Gasteiger partial charge < -0.3 is 20.5 Å². The fraction of sp³-hybridized carbons (Fsp3) is 0.588. The van der Waals surface area contributed by atoms with Gasteiger partial charge >= 0.3 is 0 Å². The summed E-state index contributed by atoms with van der Waals surface area (Å²) in [5, 5.41) is 10.6. The lowest BCUT2D eigenvalue weighted by Crippen LogP contribution is -2.58. The summed E-state index contributed by atoms with van der Waals surface area (Å²) in [6.07, 6.45) is 3.31. The van der Waals surface area contributed by atoms with Gasteiger partial charge in [-0.2, -0.15) is 0 Å². The van der Waals surface area contributed by atoms with E-state index < -0.39 is 11.5 Å². The summed E-state index contributed by atoms with van der Waals surface area (Å²) in [4.78, 5) is 13.9. The van der Waals surface area contributed by atoms with Gasteiger partial charge in [-0.25, -0.2) is 0 Å². The maximum atomic E-state index is 11.6. The van der Waals surface area contributed by atoms with Gasteiger partial charge in [0, 0.05) is 37.6 Å². The lowest BCUT2D eigenvalue weighted by Gasteiger charge is -2.54. The largest absolute Gasteiger partial charge is 0.507 e. The van der Waals surface area contributed by atoms with Crippen LogP contribution >= 0.6 is 12.4 Å². The Morgan fingerprint density at radius 1 is 1.35 bits per heavy atom. The first-order valence-corrected chi connectivity index (χ1v) is 7.86. The highest BCUT2D eigenvalue weighted by Gasteiger charge is 2.53. The van der Waals surface area contributed by atoms with Crippen molar-refractivity contribution in [3.63, 3.8) is 0 Å². The summed E-state index contributed by atoms with van der Waals surface area (Å²) in [6, 6.07) is 5.22. The van der Waals surface area contributed by atoms with Crippen LogP contribution in [-0.2, 0) is 10.3 Å². The van der Waals surface area contributed by atoms with Crippen LogP contribution in [0, 0.1) is 11.8 Å². The standard InChI is InChI=1S/C17H24N2O3.ClH/c1-19-9-11-5-3-6-12(10-19)17(11,22-2)14-8-4-7-13(15(14)20)16(18)21;/h4,7-8,11-12,20H,3,5-6,9-10H2,1-2H3,(H2,18,21);1H/t11-,12+,17?;. The summed E-state index contributed by atoms with van der Waals surface area (Å²) >= 11 is 0. The van der Waals surface area contributed by atoms with Crippen LogP contribution in [0.5, 0.6) is 5.75 Å². The summed E-state index contributed by atoms with van der Waals surface area (Å²) < 4.78 is 6.06. The number of nitrogens with two attached hydrogens (primary N) is 1. The molecule has 3 rings (SSSR count). The highest BCUT2D eigenvalue weighted by atomic mass is 35.5. The van der Waals surface area contributed by atoms with Gasteiger partial charge in [0.15, 0.2) is 0 Å². The van der Waals surface area contributed by atoms with Crippen molar-refractivity contribution >= 4 is 18.3 Å². The first-order valence-electron chi connectivity index (χ1n) is 7.86. The number of phenols is 1. The third-order valence-corrected chi connectivity index (χ3v) is 5.44. The molecular formula is C17H25ClN2O3. The molecular weight excluding hydrogens is 316 g/mol. The van der Waals surface area contributed by atoms with Gasteiger partial charge in [0.25, 0.3) is 5.91 Å². The monoisotopic (exact) mass is 340 g/mol. The number of carbonyl (C=O) groups is 1. The number of amides is 1. The predicted molar refractivity (Wildman–Crippen MR) is 90.9 cm³/mol. The number of piperidine rings is 1. The number of nitrogens with zero attached hydrogens (tertiary/aromatic N) is 1. The van der Waals surface area contributed by atoms with Crippen molar-refractivity contribution < 1.29 is 14.6 Å². The van der Waals surface area contributed by atoms with Gasteiger partial charge in [0.1, 0.15) is 11.4 Å². The van der Waals surface area contributed by atoms with E-state index in [4.69, 9.17) is 10.5 Å². The molecule has 23 heavy (non-hydrogen) atoms. The number of hydrogen-bond donors (Lipinski definition) is 2. The number of carbonyl (C=O) groups excluding carboxylic acids is 1. The molecule has 128 valence electrons. The third kappa shape index (κ3) is 2.71. The molecule has 0 spiro atoms. The molecule has 1 aromatic rings. The highest BCUT2D eigenvalue weighted by Crippen LogP contribution is 2.53. The van der Waals surface area contributed by atoms with E-state index in [0.29, 0.717) is 17.4 Å². The van der Waals surface area contributed by atoms with Crippen LogP contribution in [0.1, 0.15) is 35.2 Å². The third-order valence-electron chi connectivity index (χ3n) is 5.44. The molecule has 2 fully saturated rings. The van der Waals surface area contributed by atoms with Gasteiger partial charge in [0.05, 0.1) is 5.56 Å². The fourth-order valence-electron chi connectivity index (χ4n) is 4.59. The molecule has 1 heterocycles. The molecule has 2 bridgehead atoms. The number of hydrogen-bond acceptors (Lipinski definition) is 4. The van der Waals surface area contributed by atoms with Gasteiger partial charge in [-0.05, 0) is 26.0 Å². The molecule has 1 unspecified atom stereocenters. The Labute approximate surface area is 143 Å². The van der Waals surface area contributed by atoms with Crippen molar-refractivity contribution in [3.8, 4) is 5.75 Å². The van der Waals surface area contributed by atoms with Crippen LogP contribution in [0.3, 0.4) is 0 Å². The van der Waals surface area contributed by atoms with Crippen LogP contribution < -0.4 is 5.73 Å². The van der Waals surface area contributed by atoms with Crippen molar-refractivity contribution in [2.75, 3.05) is 27.2 Å². The van der Waals surface area contributed by atoms with Crippen LogP contribution in [-0.4, -0.2) is 43.2 Å². The average molecular weight is 341 g/mol. The molecule has 1 aliphatic heterocycles. The fourth-order valence-corrected chi connectivity index (χ4v) is 4.59. The van der Waals surface area contributed by atoms with Gasteiger partial charge in [-0.15, -0.1) is 12.4 Å². The van der Waals surface area contributed by atoms with Crippen LogP contribution in [0.15, 0.2) is 18.2 Å². The Morgan fingerprint density at radius 3 is 2.48 bits per heavy atom. The van der Waals surface area contributed by atoms with Crippen molar-refractivity contribution in [2.45, 2.75) is 24.9 Å². The summed E-state index contributed by atoms with van der Waals surface area (Å²) in [5.74, 6) is -0.00459.